The Hall–Kier alpha value is -2.68. The van der Waals surface area contributed by atoms with Crippen molar-refractivity contribution in [2.45, 2.75) is 6.61 Å². The summed E-state index contributed by atoms with van der Waals surface area (Å²) in [5.41, 5.74) is -0.888. The van der Waals surface area contributed by atoms with Crippen molar-refractivity contribution in [1.29, 1.82) is 0 Å². The number of benzene rings is 1. The van der Waals surface area contributed by atoms with Crippen LogP contribution in [0.5, 0.6) is 0 Å². The van der Waals surface area contributed by atoms with Gasteiger partial charge in [-0.2, -0.15) is 13.8 Å². The van der Waals surface area contributed by atoms with Crippen LogP contribution in [0, 0.1) is 23.5 Å². The first-order valence-corrected chi connectivity index (χ1v) is 5.89. The van der Waals surface area contributed by atoms with Gasteiger partial charge in [0.15, 0.2) is 0 Å². The van der Waals surface area contributed by atoms with E-state index >= 15 is 0 Å². The Morgan fingerprint density at radius 2 is 1.68 bits per heavy atom. The number of anilines is 2. The van der Waals surface area contributed by atoms with Gasteiger partial charge < -0.3 is 15.7 Å². The van der Waals surface area contributed by atoms with Crippen LogP contribution in [0.2, 0.25) is 0 Å². The van der Waals surface area contributed by atoms with Crippen LogP contribution in [0.3, 0.4) is 0 Å². The van der Waals surface area contributed by atoms with E-state index in [0.717, 1.165) is 18.2 Å². The number of urea groups is 1. The lowest BCUT2D eigenvalue weighted by atomic mass is 10.1. The van der Waals surface area contributed by atoms with Gasteiger partial charge in [0.2, 0.25) is 11.9 Å². The third kappa shape index (κ3) is 3.70. The van der Waals surface area contributed by atoms with E-state index in [1.165, 1.54) is 0 Å². The molecule has 2 aromatic rings. The van der Waals surface area contributed by atoms with Crippen molar-refractivity contribution in [3.05, 3.63) is 53.4 Å². The van der Waals surface area contributed by atoms with Gasteiger partial charge in [-0.1, -0.05) is 0 Å². The van der Waals surface area contributed by atoms with Gasteiger partial charge in [-0.25, -0.2) is 13.6 Å². The molecule has 0 saturated heterocycles. The molecule has 2 rings (SSSR count). The lowest BCUT2D eigenvalue weighted by Crippen LogP contribution is -2.21. The summed E-state index contributed by atoms with van der Waals surface area (Å²) in [6.07, 6.45) is 0. The van der Waals surface area contributed by atoms with Crippen molar-refractivity contribution in [3.63, 3.8) is 0 Å². The Labute approximate surface area is 121 Å². The largest absolute Gasteiger partial charge is 0.391 e. The van der Waals surface area contributed by atoms with Crippen molar-refractivity contribution in [2.75, 3.05) is 10.6 Å². The summed E-state index contributed by atoms with van der Waals surface area (Å²) >= 11 is 0. The lowest BCUT2D eigenvalue weighted by molar-refractivity contribution is 0.261. The molecule has 9 heteroatoms. The first-order valence-electron chi connectivity index (χ1n) is 5.89. The highest BCUT2D eigenvalue weighted by Gasteiger charge is 2.13. The molecular weight excluding hydrogens is 306 g/mol. The molecule has 0 atom stereocenters. The smallest absolute Gasteiger partial charge is 0.323 e. The summed E-state index contributed by atoms with van der Waals surface area (Å²) in [5.74, 6) is -4.31. The maximum atomic E-state index is 13.4. The summed E-state index contributed by atoms with van der Waals surface area (Å²) < 4.78 is 52.3. The minimum Gasteiger partial charge on any atom is -0.391 e. The van der Waals surface area contributed by atoms with E-state index in [-0.39, 0.29) is 16.9 Å². The normalized spacial score (nSPS) is 10.4. The van der Waals surface area contributed by atoms with Crippen molar-refractivity contribution in [1.82, 2.24) is 4.98 Å². The molecule has 1 aromatic heterocycles. The average Bonchev–Trinajstić information content (AvgIpc) is 2.36. The van der Waals surface area contributed by atoms with Gasteiger partial charge in [0, 0.05) is 23.8 Å². The molecule has 0 aliphatic heterocycles. The molecule has 0 radical (unpaired) electrons. The molecule has 0 fully saturated rings. The molecule has 0 aliphatic rings. The van der Waals surface area contributed by atoms with Gasteiger partial charge in [0.25, 0.3) is 0 Å². The van der Waals surface area contributed by atoms with E-state index < -0.39 is 36.2 Å². The van der Waals surface area contributed by atoms with Gasteiger partial charge in [-0.3, -0.25) is 0 Å². The number of halogens is 4. The van der Waals surface area contributed by atoms with E-state index in [1.807, 2.05) is 0 Å². The average molecular weight is 315 g/mol. The highest BCUT2D eigenvalue weighted by molar-refractivity contribution is 6.00. The van der Waals surface area contributed by atoms with Crippen LogP contribution in [0.15, 0.2) is 24.3 Å². The zero-order valence-corrected chi connectivity index (χ0v) is 10.8. The standard InChI is InChI=1S/C13H9F4N3O2/c14-6-1-9(15)8(5-21)10(2-6)19-13(22)18-7-3-11(16)20-12(17)4-7/h1-4,21H,5H2,(H2,18,19,20,22). The number of amides is 2. The quantitative estimate of drug-likeness (QED) is 0.602. The molecule has 3 N–H and O–H groups in total. The molecule has 2 amide bonds. The van der Waals surface area contributed by atoms with Gasteiger partial charge in [0.05, 0.1) is 18.0 Å². The first-order chi connectivity index (χ1) is 10.4. The fourth-order valence-corrected chi connectivity index (χ4v) is 1.70. The van der Waals surface area contributed by atoms with E-state index in [1.54, 1.807) is 0 Å². The number of rotatable bonds is 3. The summed E-state index contributed by atoms with van der Waals surface area (Å²) in [5, 5.41) is 13.2. The molecule has 116 valence electrons. The molecular formula is C13H9F4N3O2. The fraction of sp³-hybridized carbons (Fsp3) is 0.0769. The van der Waals surface area contributed by atoms with Crippen LogP contribution in [0.4, 0.5) is 33.7 Å². The summed E-state index contributed by atoms with van der Waals surface area (Å²) in [6.45, 7) is -0.778. The molecule has 1 heterocycles. The Bertz CT molecular complexity index is 704. The van der Waals surface area contributed by atoms with Crippen LogP contribution in [0.1, 0.15) is 5.56 Å². The molecule has 22 heavy (non-hydrogen) atoms. The second kappa shape index (κ2) is 6.39. The highest BCUT2D eigenvalue weighted by Crippen LogP contribution is 2.21. The maximum Gasteiger partial charge on any atom is 0.323 e. The van der Waals surface area contributed by atoms with Crippen LogP contribution in [0.25, 0.3) is 0 Å². The number of aliphatic hydroxyl groups is 1. The van der Waals surface area contributed by atoms with Gasteiger partial charge in [-0.15, -0.1) is 0 Å². The van der Waals surface area contributed by atoms with Crippen molar-refractivity contribution >= 4 is 17.4 Å². The van der Waals surface area contributed by atoms with E-state index in [4.69, 9.17) is 5.11 Å². The Morgan fingerprint density at radius 3 is 2.27 bits per heavy atom. The summed E-state index contributed by atoms with van der Waals surface area (Å²) in [4.78, 5) is 14.5. The highest BCUT2D eigenvalue weighted by atomic mass is 19.1. The maximum absolute atomic E-state index is 13.4. The van der Waals surface area contributed by atoms with E-state index in [0.29, 0.717) is 6.07 Å². The predicted octanol–water partition coefficient (Wildman–Crippen LogP) is 2.77. The van der Waals surface area contributed by atoms with Crippen LogP contribution in [-0.4, -0.2) is 16.1 Å². The molecule has 0 unspecified atom stereocenters. The van der Waals surface area contributed by atoms with E-state index in [2.05, 4.69) is 15.6 Å². The van der Waals surface area contributed by atoms with Crippen LogP contribution < -0.4 is 10.6 Å². The number of aliphatic hydroxyl groups excluding tert-OH is 1. The van der Waals surface area contributed by atoms with Gasteiger partial charge in [-0.05, 0) is 6.07 Å². The number of carbonyl (C=O) groups is 1. The fourth-order valence-electron chi connectivity index (χ4n) is 1.70. The van der Waals surface area contributed by atoms with Crippen molar-refractivity contribution in [2.24, 2.45) is 0 Å². The molecule has 5 nitrogen and oxygen atoms in total. The summed E-state index contributed by atoms with van der Waals surface area (Å²) in [6, 6.07) is 1.83. The molecule has 1 aromatic carbocycles. The number of nitrogens with zero attached hydrogens (tertiary/aromatic N) is 1. The Kier molecular flexibility index (Phi) is 4.56. The zero-order valence-electron chi connectivity index (χ0n) is 10.8. The zero-order chi connectivity index (χ0) is 16.3. The molecule has 0 saturated carbocycles. The third-order valence-electron chi connectivity index (χ3n) is 2.59. The topological polar surface area (TPSA) is 74.2 Å². The molecule has 0 spiro atoms. The minimum atomic E-state index is -1.15. The Morgan fingerprint density at radius 1 is 1.05 bits per heavy atom. The minimum absolute atomic E-state index is 0.245. The molecule has 0 aliphatic carbocycles. The predicted molar refractivity (Wildman–Crippen MR) is 69.1 cm³/mol. The van der Waals surface area contributed by atoms with Crippen LogP contribution >= 0.6 is 0 Å². The lowest BCUT2D eigenvalue weighted by Gasteiger charge is -2.11. The van der Waals surface area contributed by atoms with Gasteiger partial charge >= 0.3 is 6.03 Å². The third-order valence-corrected chi connectivity index (χ3v) is 2.59. The SMILES string of the molecule is O=C(Nc1cc(F)nc(F)c1)Nc1cc(F)cc(F)c1CO. The number of hydrogen-bond donors (Lipinski definition) is 3. The van der Waals surface area contributed by atoms with Crippen LogP contribution in [-0.2, 0) is 6.61 Å². The van der Waals surface area contributed by atoms with Crippen molar-refractivity contribution < 1.29 is 27.5 Å². The second-order valence-electron chi connectivity index (χ2n) is 4.15. The summed E-state index contributed by atoms with van der Waals surface area (Å²) in [7, 11) is 0. The van der Waals surface area contributed by atoms with Crippen molar-refractivity contribution in [3.8, 4) is 0 Å². The molecule has 0 bridgehead atoms. The number of hydrogen-bond acceptors (Lipinski definition) is 3. The van der Waals surface area contributed by atoms with Gasteiger partial charge in [0.1, 0.15) is 11.6 Å². The first kappa shape index (κ1) is 15.7. The monoisotopic (exact) mass is 315 g/mol. The second-order valence-corrected chi connectivity index (χ2v) is 4.15. The van der Waals surface area contributed by atoms with E-state index in [9.17, 15) is 22.4 Å². The number of carbonyl (C=O) groups excluding carboxylic acids is 1. The number of nitrogens with one attached hydrogen (secondary N) is 2. The number of pyridine rings is 1. The number of aromatic nitrogens is 1. The Balaban J connectivity index is 2.19.